The molecule has 1 N–H and O–H groups in total. The van der Waals surface area contributed by atoms with Gasteiger partial charge in [0.2, 0.25) is 0 Å². The average molecular weight is 402 g/mol. The third-order valence-corrected chi connectivity index (χ3v) is 4.99. The fourth-order valence-electron chi connectivity index (χ4n) is 3.41. The monoisotopic (exact) mass is 402 g/mol. The molecule has 4 aromatic rings. The third kappa shape index (κ3) is 4.00. The van der Waals surface area contributed by atoms with Gasteiger partial charge in [0, 0.05) is 25.1 Å². The van der Waals surface area contributed by atoms with E-state index < -0.39 is 0 Å². The number of carbonyl (C=O) groups is 1. The lowest BCUT2D eigenvalue weighted by molar-refractivity contribution is 0.0954. The molecule has 1 amide bonds. The van der Waals surface area contributed by atoms with Crippen molar-refractivity contribution in [3.8, 4) is 5.75 Å². The Morgan fingerprint density at radius 1 is 1.17 bits per heavy atom. The highest BCUT2D eigenvalue weighted by atomic mass is 16.5. The van der Waals surface area contributed by atoms with Crippen LogP contribution in [0.4, 0.5) is 0 Å². The first-order chi connectivity index (χ1) is 14.7. The van der Waals surface area contributed by atoms with Crippen LogP contribution in [0.3, 0.4) is 0 Å². The van der Waals surface area contributed by atoms with Crippen molar-refractivity contribution in [1.29, 1.82) is 0 Å². The molecule has 0 atom stereocenters. The van der Waals surface area contributed by atoms with E-state index in [1.54, 1.807) is 49.8 Å². The number of hydrogen-bond acceptors (Lipinski definition) is 5. The van der Waals surface area contributed by atoms with Crippen LogP contribution in [0.25, 0.3) is 16.6 Å². The lowest BCUT2D eigenvalue weighted by atomic mass is 10.1. The zero-order chi connectivity index (χ0) is 20.9. The number of methoxy groups -OCH3 is 1. The molecule has 7 nitrogen and oxygen atoms in total. The fourth-order valence-corrected chi connectivity index (χ4v) is 3.41. The van der Waals surface area contributed by atoms with E-state index >= 15 is 0 Å². The van der Waals surface area contributed by atoms with Gasteiger partial charge in [-0.2, -0.15) is 0 Å². The van der Waals surface area contributed by atoms with Crippen molar-refractivity contribution < 1.29 is 9.53 Å². The van der Waals surface area contributed by atoms with Crippen LogP contribution >= 0.6 is 0 Å². The van der Waals surface area contributed by atoms with E-state index in [-0.39, 0.29) is 11.5 Å². The highest BCUT2D eigenvalue weighted by Gasteiger charge is 2.14. The third-order valence-electron chi connectivity index (χ3n) is 4.99. The van der Waals surface area contributed by atoms with Gasteiger partial charge in [-0.05, 0) is 61.2 Å². The number of aryl methyl sites for hydroxylation is 1. The predicted molar refractivity (Wildman–Crippen MR) is 115 cm³/mol. The Morgan fingerprint density at radius 3 is 2.87 bits per heavy atom. The molecule has 0 aliphatic rings. The minimum atomic E-state index is -0.241. The SMILES string of the molecule is COc1ccc2nc3c(C(=O)NCCCCc4cccnc4)cccn3c(=O)c2c1. The Labute approximate surface area is 173 Å². The molecule has 30 heavy (non-hydrogen) atoms. The molecule has 0 radical (unpaired) electrons. The summed E-state index contributed by atoms with van der Waals surface area (Å²) in [5.41, 5.74) is 2.19. The van der Waals surface area contributed by atoms with Crippen LogP contribution in [0.5, 0.6) is 5.75 Å². The summed E-state index contributed by atoms with van der Waals surface area (Å²) in [6.45, 7) is 0.551. The summed E-state index contributed by atoms with van der Waals surface area (Å²) in [6.07, 6.45) is 7.96. The maximum Gasteiger partial charge on any atom is 0.265 e. The Kier molecular flexibility index (Phi) is 5.70. The molecule has 7 heteroatoms. The molecule has 0 fully saturated rings. The zero-order valence-corrected chi connectivity index (χ0v) is 16.7. The zero-order valence-electron chi connectivity index (χ0n) is 16.7. The van der Waals surface area contributed by atoms with Gasteiger partial charge in [0.1, 0.15) is 5.75 Å². The summed E-state index contributed by atoms with van der Waals surface area (Å²) < 4.78 is 6.60. The largest absolute Gasteiger partial charge is 0.497 e. The topological polar surface area (TPSA) is 85.6 Å². The summed E-state index contributed by atoms with van der Waals surface area (Å²) in [7, 11) is 1.55. The molecule has 0 aliphatic heterocycles. The molecule has 0 unspecified atom stereocenters. The minimum absolute atomic E-state index is 0.236. The Hall–Kier alpha value is -3.74. The maximum atomic E-state index is 12.9. The summed E-state index contributed by atoms with van der Waals surface area (Å²) in [6, 6.07) is 12.5. The smallest absolute Gasteiger partial charge is 0.265 e. The molecular formula is C23H22N4O3. The van der Waals surface area contributed by atoms with Gasteiger partial charge in [-0.25, -0.2) is 4.98 Å². The number of benzene rings is 1. The molecule has 4 rings (SSSR count). The van der Waals surface area contributed by atoms with Crippen molar-refractivity contribution in [1.82, 2.24) is 19.7 Å². The van der Waals surface area contributed by atoms with Crippen molar-refractivity contribution in [3.05, 3.63) is 82.5 Å². The van der Waals surface area contributed by atoms with Gasteiger partial charge in [0.05, 0.1) is 23.6 Å². The number of amides is 1. The van der Waals surface area contributed by atoms with Gasteiger partial charge in [0.25, 0.3) is 11.5 Å². The molecule has 0 saturated heterocycles. The van der Waals surface area contributed by atoms with Gasteiger partial charge in [-0.1, -0.05) is 6.07 Å². The second kappa shape index (κ2) is 8.73. The van der Waals surface area contributed by atoms with E-state index in [0.717, 1.165) is 19.3 Å². The predicted octanol–water partition coefficient (Wildman–Crippen LogP) is 3.00. The van der Waals surface area contributed by atoms with Crippen LogP contribution in [0, 0.1) is 0 Å². The van der Waals surface area contributed by atoms with Gasteiger partial charge >= 0.3 is 0 Å². The average Bonchev–Trinajstić information content (AvgIpc) is 2.79. The molecule has 0 spiro atoms. The van der Waals surface area contributed by atoms with E-state index in [9.17, 15) is 9.59 Å². The summed E-state index contributed by atoms with van der Waals surface area (Å²) in [4.78, 5) is 34.3. The van der Waals surface area contributed by atoms with Crippen LogP contribution in [0.2, 0.25) is 0 Å². The fraction of sp³-hybridized carbons (Fsp3) is 0.217. The number of ether oxygens (including phenoxy) is 1. The Morgan fingerprint density at radius 2 is 2.07 bits per heavy atom. The molecule has 0 aliphatic carbocycles. The molecule has 0 saturated carbocycles. The lowest BCUT2D eigenvalue weighted by Crippen LogP contribution is -2.26. The highest BCUT2D eigenvalue weighted by molar-refractivity contribution is 6.00. The number of unbranched alkanes of at least 4 members (excludes halogenated alkanes) is 1. The highest BCUT2D eigenvalue weighted by Crippen LogP contribution is 2.18. The van der Waals surface area contributed by atoms with Crippen molar-refractivity contribution in [2.45, 2.75) is 19.3 Å². The first-order valence-corrected chi connectivity index (χ1v) is 9.83. The number of fused-ring (bicyclic) bond motifs is 2. The van der Waals surface area contributed by atoms with Crippen LogP contribution < -0.4 is 15.6 Å². The second-order valence-electron chi connectivity index (χ2n) is 6.99. The number of aromatic nitrogens is 3. The first-order valence-electron chi connectivity index (χ1n) is 9.83. The quantitative estimate of drug-likeness (QED) is 0.379. The molecular weight excluding hydrogens is 380 g/mol. The molecule has 152 valence electrons. The number of rotatable bonds is 7. The number of nitrogens with one attached hydrogen (secondary N) is 1. The van der Waals surface area contributed by atoms with Crippen LogP contribution in [-0.2, 0) is 6.42 Å². The van der Waals surface area contributed by atoms with Gasteiger partial charge in [0.15, 0.2) is 5.65 Å². The van der Waals surface area contributed by atoms with Crippen molar-refractivity contribution >= 4 is 22.5 Å². The van der Waals surface area contributed by atoms with Gasteiger partial charge < -0.3 is 10.1 Å². The van der Waals surface area contributed by atoms with Gasteiger partial charge in [-0.15, -0.1) is 0 Å². The normalized spacial score (nSPS) is 11.0. The van der Waals surface area contributed by atoms with Gasteiger partial charge in [-0.3, -0.25) is 19.0 Å². The minimum Gasteiger partial charge on any atom is -0.497 e. The maximum absolute atomic E-state index is 12.9. The summed E-state index contributed by atoms with van der Waals surface area (Å²) in [5.74, 6) is 0.343. The number of hydrogen-bond donors (Lipinski definition) is 1. The first kappa shape index (κ1) is 19.6. The molecule has 0 bridgehead atoms. The van der Waals surface area contributed by atoms with Crippen LogP contribution in [0.1, 0.15) is 28.8 Å². The second-order valence-corrected chi connectivity index (χ2v) is 6.99. The summed E-state index contributed by atoms with van der Waals surface area (Å²) in [5, 5.41) is 3.38. The van der Waals surface area contributed by atoms with E-state index in [0.29, 0.717) is 34.4 Å². The van der Waals surface area contributed by atoms with Crippen LogP contribution in [-0.4, -0.2) is 33.9 Å². The Balaban J connectivity index is 1.50. The van der Waals surface area contributed by atoms with E-state index in [1.165, 1.54) is 9.96 Å². The Bertz CT molecular complexity index is 1250. The van der Waals surface area contributed by atoms with Crippen molar-refractivity contribution in [2.24, 2.45) is 0 Å². The van der Waals surface area contributed by atoms with Crippen molar-refractivity contribution in [2.75, 3.05) is 13.7 Å². The van der Waals surface area contributed by atoms with E-state index in [1.807, 2.05) is 18.3 Å². The molecule has 1 aromatic carbocycles. The van der Waals surface area contributed by atoms with E-state index in [4.69, 9.17) is 4.74 Å². The molecule has 3 aromatic heterocycles. The van der Waals surface area contributed by atoms with Crippen LogP contribution in [0.15, 0.2) is 65.8 Å². The standard InChI is InChI=1S/C23H22N4O3/c1-30-17-9-10-20-19(14-17)23(29)27-13-5-8-18(21(27)26-20)22(28)25-12-3-2-6-16-7-4-11-24-15-16/h4-5,7-11,13-15H,2-3,6,12H2,1H3,(H,25,28). The van der Waals surface area contributed by atoms with Crippen molar-refractivity contribution in [3.63, 3.8) is 0 Å². The summed E-state index contributed by atoms with van der Waals surface area (Å²) >= 11 is 0. The van der Waals surface area contributed by atoms with E-state index in [2.05, 4.69) is 15.3 Å². The number of carbonyl (C=O) groups excluding carboxylic acids is 1. The molecule has 3 heterocycles. The lowest BCUT2D eigenvalue weighted by Gasteiger charge is -2.10. The number of pyridine rings is 2. The number of nitrogens with zero attached hydrogens (tertiary/aromatic N) is 3.